The Morgan fingerprint density at radius 3 is 2.95 bits per heavy atom. The molecule has 6 heteroatoms. The zero-order valence-corrected chi connectivity index (χ0v) is 12.7. The van der Waals surface area contributed by atoms with Gasteiger partial charge in [-0.2, -0.15) is 0 Å². The number of hydrogen-bond acceptors (Lipinski definition) is 5. The van der Waals surface area contributed by atoms with Crippen molar-refractivity contribution in [3.05, 3.63) is 39.8 Å². The molecule has 3 rings (SSSR count). The average molecular weight is 309 g/mol. The largest absolute Gasteiger partial charge is 0.339 e. The van der Waals surface area contributed by atoms with Crippen LogP contribution in [0.15, 0.2) is 30.6 Å². The molecule has 0 aliphatic carbocycles. The van der Waals surface area contributed by atoms with Crippen LogP contribution >= 0.6 is 22.9 Å². The van der Waals surface area contributed by atoms with Crippen molar-refractivity contribution in [2.45, 2.75) is 25.4 Å². The molecule has 0 saturated carbocycles. The lowest BCUT2D eigenvalue weighted by Crippen LogP contribution is -2.46. The quantitative estimate of drug-likeness (QED) is 0.943. The van der Waals surface area contributed by atoms with Gasteiger partial charge in [-0.3, -0.25) is 0 Å². The van der Waals surface area contributed by atoms with Crippen LogP contribution in [0.3, 0.4) is 0 Å². The average Bonchev–Trinajstić information content (AvgIpc) is 2.92. The molecule has 2 aromatic rings. The highest BCUT2D eigenvalue weighted by atomic mass is 35.5. The molecule has 1 atom stereocenters. The van der Waals surface area contributed by atoms with Crippen LogP contribution in [-0.4, -0.2) is 29.1 Å². The first-order valence-electron chi connectivity index (χ1n) is 6.81. The van der Waals surface area contributed by atoms with E-state index in [1.54, 1.807) is 23.7 Å². The van der Waals surface area contributed by atoms with E-state index in [0.717, 1.165) is 29.9 Å². The Hall–Kier alpha value is -1.17. The van der Waals surface area contributed by atoms with E-state index in [2.05, 4.69) is 26.3 Å². The van der Waals surface area contributed by atoms with Crippen LogP contribution in [0.1, 0.15) is 17.7 Å². The Kier molecular flexibility index (Phi) is 4.50. The summed E-state index contributed by atoms with van der Waals surface area (Å²) >= 11 is 7.59. The highest BCUT2D eigenvalue weighted by Crippen LogP contribution is 2.22. The number of nitrogens with zero attached hydrogens (tertiary/aromatic N) is 3. The van der Waals surface area contributed by atoms with Crippen LogP contribution in [0.5, 0.6) is 0 Å². The van der Waals surface area contributed by atoms with Crippen LogP contribution in [0, 0.1) is 0 Å². The number of rotatable bonds is 4. The summed E-state index contributed by atoms with van der Waals surface area (Å²) in [6.07, 6.45) is 5.96. The molecule has 0 amide bonds. The Labute approximate surface area is 127 Å². The lowest BCUT2D eigenvalue weighted by molar-refractivity contribution is 0.419. The molecule has 1 saturated heterocycles. The normalized spacial score (nSPS) is 19.2. The van der Waals surface area contributed by atoms with Crippen LogP contribution in [0.2, 0.25) is 4.34 Å². The van der Waals surface area contributed by atoms with Crippen molar-refractivity contribution in [3.8, 4) is 0 Å². The van der Waals surface area contributed by atoms with Crippen LogP contribution in [0.25, 0.3) is 0 Å². The number of hydrogen-bond donors (Lipinski definition) is 1. The van der Waals surface area contributed by atoms with Crippen molar-refractivity contribution in [2.24, 2.45) is 0 Å². The Bertz CT molecular complexity index is 545. The van der Waals surface area contributed by atoms with Gasteiger partial charge in [0.1, 0.15) is 0 Å². The minimum Gasteiger partial charge on any atom is -0.339 e. The fraction of sp³-hybridized carbons (Fsp3) is 0.429. The molecule has 0 bridgehead atoms. The summed E-state index contributed by atoms with van der Waals surface area (Å²) in [7, 11) is 0. The molecule has 1 aliphatic heterocycles. The van der Waals surface area contributed by atoms with Crippen molar-refractivity contribution in [1.29, 1.82) is 0 Å². The van der Waals surface area contributed by atoms with Gasteiger partial charge in [-0.05, 0) is 31.0 Å². The molecular weight excluding hydrogens is 292 g/mol. The second-order valence-corrected chi connectivity index (χ2v) is 6.72. The van der Waals surface area contributed by atoms with Crippen LogP contribution in [-0.2, 0) is 6.54 Å². The number of thiophene rings is 1. The fourth-order valence-electron chi connectivity index (χ4n) is 2.47. The summed E-state index contributed by atoms with van der Waals surface area (Å²) < 4.78 is 0.852. The molecular formula is C14H17ClN4S. The lowest BCUT2D eigenvalue weighted by atomic mass is 10.1. The smallest absolute Gasteiger partial charge is 0.225 e. The molecule has 0 spiro atoms. The van der Waals surface area contributed by atoms with E-state index in [1.165, 1.54) is 17.7 Å². The van der Waals surface area contributed by atoms with E-state index in [1.807, 2.05) is 12.1 Å². The molecule has 2 aromatic heterocycles. The molecule has 20 heavy (non-hydrogen) atoms. The van der Waals surface area contributed by atoms with E-state index in [9.17, 15) is 0 Å². The van der Waals surface area contributed by atoms with Gasteiger partial charge in [0.2, 0.25) is 5.95 Å². The molecule has 1 fully saturated rings. The van der Waals surface area contributed by atoms with Gasteiger partial charge in [0.05, 0.1) is 4.34 Å². The minimum atomic E-state index is 0.480. The van der Waals surface area contributed by atoms with Crippen molar-refractivity contribution < 1.29 is 0 Å². The lowest BCUT2D eigenvalue weighted by Gasteiger charge is -2.33. The maximum Gasteiger partial charge on any atom is 0.225 e. The number of halogens is 1. The van der Waals surface area contributed by atoms with Crippen molar-refractivity contribution in [3.63, 3.8) is 0 Å². The summed E-state index contributed by atoms with van der Waals surface area (Å²) in [6, 6.07) is 6.37. The zero-order valence-electron chi connectivity index (χ0n) is 11.1. The first kappa shape index (κ1) is 13.8. The van der Waals surface area contributed by atoms with Crippen molar-refractivity contribution >= 4 is 28.9 Å². The number of nitrogens with one attached hydrogen (secondary N) is 1. The second-order valence-electron chi connectivity index (χ2n) is 4.92. The predicted molar refractivity (Wildman–Crippen MR) is 83.4 cm³/mol. The zero-order chi connectivity index (χ0) is 13.8. The summed E-state index contributed by atoms with van der Waals surface area (Å²) in [4.78, 5) is 12.2. The van der Waals surface area contributed by atoms with Gasteiger partial charge < -0.3 is 10.2 Å². The molecule has 4 nitrogen and oxygen atoms in total. The highest BCUT2D eigenvalue weighted by molar-refractivity contribution is 7.16. The van der Waals surface area contributed by atoms with E-state index in [0.29, 0.717) is 6.04 Å². The Morgan fingerprint density at radius 1 is 1.35 bits per heavy atom. The van der Waals surface area contributed by atoms with Gasteiger partial charge in [0, 0.05) is 42.9 Å². The standard InChI is InChI=1S/C14H17ClN4S/c15-13-5-4-12(20-13)9-18-11-3-1-8-19(10-11)14-16-6-2-7-17-14/h2,4-7,11,18H,1,3,8-10H2/t11-/m0/s1. The highest BCUT2D eigenvalue weighted by Gasteiger charge is 2.21. The second kappa shape index (κ2) is 6.52. The first-order chi connectivity index (χ1) is 9.81. The summed E-state index contributed by atoms with van der Waals surface area (Å²) in [5, 5.41) is 3.61. The van der Waals surface area contributed by atoms with Gasteiger partial charge in [-0.15, -0.1) is 11.3 Å². The predicted octanol–water partition coefficient (Wildman–Crippen LogP) is 2.95. The third kappa shape index (κ3) is 3.48. The first-order valence-corrected chi connectivity index (χ1v) is 8.00. The van der Waals surface area contributed by atoms with Crippen LogP contribution < -0.4 is 10.2 Å². The number of piperidine rings is 1. The van der Waals surface area contributed by atoms with E-state index in [4.69, 9.17) is 11.6 Å². The monoisotopic (exact) mass is 308 g/mol. The Morgan fingerprint density at radius 2 is 2.20 bits per heavy atom. The molecule has 106 valence electrons. The van der Waals surface area contributed by atoms with E-state index in [-0.39, 0.29) is 0 Å². The van der Waals surface area contributed by atoms with Crippen LogP contribution in [0.4, 0.5) is 5.95 Å². The maximum atomic E-state index is 5.95. The summed E-state index contributed by atoms with van der Waals surface area (Å²) in [5.41, 5.74) is 0. The topological polar surface area (TPSA) is 41.0 Å². The molecule has 0 aromatic carbocycles. The Balaban J connectivity index is 1.55. The molecule has 3 heterocycles. The number of aromatic nitrogens is 2. The van der Waals surface area contributed by atoms with Gasteiger partial charge in [0.15, 0.2) is 0 Å². The third-order valence-corrected chi connectivity index (χ3v) is 4.68. The molecule has 1 N–H and O–H groups in total. The van der Waals surface area contributed by atoms with Gasteiger partial charge >= 0.3 is 0 Å². The molecule has 1 aliphatic rings. The summed E-state index contributed by atoms with van der Waals surface area (Å²) in [5.74, 6) is 0.832. The van der Waals surface area contributed by atoms with Gasteiger partial charge in [-0.1, -0.05) is 11.6 Å². The molecule has 0 radical (unpaired) electrons. The van der Waals surface area contributed by atoms with Crippen molar-refractivity contribution in [1.82, 2.24) is 15.3 Å². The minimum absolute atomic E-state index is 0.480. The number of anilines is 1. The van der Waals surface area contributed by atoms with Gasteiger partial charge in [0.25, 0.3) is 0 Å². The third-order valence-electron chi connectivity index (χ3n) is 3.45. The van der Waals surface area contributed by atoms with E-state index < -0.39 is 0 Å². The molecule has 0 unspecified atom stereocenters. The maximum absolute atomic E-state index is 5.95. The SMILES string of the molecule is Clc1ccc(CN[C@H]2CCCN(c3ncccn3)C2)s1. The van der Waals surface area contributed by atoms with Gasteiger partial charge in [-0.25, -0.2) is 9.97 Å². The van der Waals surface area contributed by atoms with Crippen molar-refractivity contribution in [2.75, 3.05) is 18.0 Å². The van der Waals surface area contributed by atoms with E-state index >= 15 is 0 Å². The summed E-state index contributed by atoms with van der Waals surface area (Å²) in [6.45, 7) is 2.88. The fourth-order valence-corrected chi connectivity index (χ4v) is 3.51.